The SMILES string of the molecule is CCCCn1c(Cl)c(C#N)c2cc(Cl)cc(Cl)c21. The van der Waals surface area contributed by atoms with Crippen LogP contribution in [0.3, 0.4) is 0 Å². The van der Waals surface area contributed by atoms with Crippen molar-refractivity contribution in [2.75, 3.05) is 0 Å². The number of aryl methyl sites for hydroxylation is 1. The number of halogens is 3. The highest BCUT2D eigenvalue weighted by molar-refractivity contribution is 6.40. The first-order chi connectivity index (χ1) is 8.60. The van der Waals surface area contributed by atoms with E-state index >= 15 is 0 Å². The quantitative estimate of drug-likeness (QED) is 0.759. The first-order valence-corrected chi connectivity index (χ1v) is 6.80. The average molecular weight is 302 g/mol. The maximum absolute atomic E-state index is 9.20. The van der Waals surface area contributed by atoms with Crippen LogP contribution in [-0.2, 0) is 6.54 Å². The summed E-state index contributed by atoms with van der Waals surface area (Å²) in [5, 5.41) is 11.4. The third kappa shape index (κ3) is 2.19. The van der Waals surface area contributed by atoms with Crippen molar-refractivity contribution in [1.82, 2.24) is 4.57 Å². The van der Waals surface area contributed by atoms with Crippen LogP contribution in [0.5, 0.6) is 0 Å². The van der Waals surface area contributed by atoms with Crippen LogP contribution >= 0.6 is 34.8 Å². The Balaban J connectivity index is 2.77. The zero-order chi connectivity index (χ0) is 13.3. The summed E-state index contributed by atoms with van der Waals surface area (Å²) in [6.45, 7) is 2.85. The van der Waals surface area contributed by atoms with E-state index in [1.165, 1.54) is 0 Å². The maximum atomic E-state index is 9.20. The number of hydrogen-bond acceptors (Lipinski definition) is 1. The van der Waals surface area contributed by atoms with Gasteiger partial charge in [-0.25, -0.2) is 0 Å². The van der Waals surface area contributed by atoms with Crippen LogP contribution in [0.25, 0.3) is 10.9 Å². The zero-order valence-electron chi connectivity index (χ0n) is 9.80. The normalized spacial score (nSPS) is 10.8. The Hall–Kier alpha value is -0.880. The minimum absolute atomic E-state index is 0.435. The molecule has 0 aliphatic rings. The van der Waals surface area contributed by atoms with Crippen molar-refractivity contribution in [3.05, 3.63) is 32.9 Å². The molecule has 0 atom stereocenters. The van der Waals surface area contributed by atoms with Crippen LogP contribution < -0.4 is 0 Å². The van der Waals surface area contributed by atoms with Crippen molar-refractivity contribution >= 4 is 45.7 Å². The fourth-order valence-corrected chi connectivity index (χ4v) is 2.92. The van der Waals surface area contributed by atoms with E-state index in [1.807, 2.05) is 4.57 Å². The van der Waals surface area contributed by atoms with Gasteiger partial charge in [-0.2, -0.15) is 5.26 Å². The molecule has 18 heavy (non-hydrogen) atoms. The molecule has 0 saturated heterocycles. The molecule has 0 aliphatic carbocycles. The highest BCUT2D eigenvalue weighted by Crippen LogP contribution is 2.36. The van der Waals surface area contributed by atoms with Crippen LogP contribution in [0.4, 0.5) is 0 Å². The molecule has 2 nitrogen and oxygen atoms in total. The lowest BCUT2D eigenvalue weighted by Crippen LogP contribution is -1.97. The van der Waals surface area contributed by atoms with Crippen LogP contribution in [0.15, 0.2) is 12.1 Å². The van der Waals surface area contributed by atoms with Gasteiger partial charge < -0.3 is 4.57 Å². The zero-order valence-corrected chi connectivity index (χ0v) is 12.1. The predicted molar refractivity (Wildman–Crippen MR) is 76.6 cm³/mol. The van der Waals surface area contributed by atoms with Crippen LogP contribution in [0.1, 0.15) is 25.3 Å². The number of nitriles is 1. The van der Waals surface area contributed by atoms with Gasteiger partial charge in [0.15, 0.2) is 0 Å². The lowest BCUT2D eigenvalue weighted by Gasteiger charge is -2.07. The Morgan fingerprint density at radius 3 is 2.61 bits per heavy atom. The summed E-state index contributed by atoms with van der Waals surface area (Å²) in [5.74, 6) is 0. The second kappa shape index (κ2) is 5.40. The van der Waals surface area contributed by atoms with Gasteiger partial charge >= 0.3 is 0 Å². The molecule has 0 radical (unpaired) electrons. The number of fused-ring (bicyclic) bond motifs is 1. The van der Waals surface area contributed by atoms with E-state index in [9.17, 15) is 5.26 Å². The van der Waals surface area contributed by atoms with E-state index < -0.39 is 0 Å². The Morgan fingerprint density at radius 1 is 1.28 bits per heavy atom. The summed E-state index contributed by atoms with van der Waals surface area (Å²) in [6, 6.07) is 5.52. The topological polar surface area (TPSA) is 28.7 Å². The predicted octanol–water partition coefficient (Wildman–Crippen LogP) is 5.27. The molecule has 0 saturated carbocycles. The van der Waals surface area contributed by atoms with Crippen molar-refractivity contribution in [2.45, 2.75) is 26.3 Å². The Morgan fingerprint density at radius 2 is 2.00 bits per heavy atom. The third-order valence-corrected chi connectivity index (χ3v) is 3.76. The summed E-state index contributed by atoms with van der Waals surface area (Å²) in [5.41, 5.74) is 1.23. The summed E-state index contributed by atoms with van der Waals surface area (Å²) in [7, 11) is 0. The van der Waals surface area contributed by atoms with Gasteiger partial charge in [0.1, 0.15) is 11.2 Å². The summed E-state index contributed by atoms with van der Waals surface area (Å²) in [4.78, 5) is 0. The van der Waals surface area contributed by atoms with Crippen LogP contribution in [0.2, 0.25) is 15.2 Å². The standard InChI is InChI=1S/C13H11Cl3N2/c1-2-3-4-18-12-9(10(7-17)13(18)16)5-8(14)6-11(12)15/h5-6H,2-4H2,1H3. The molecule has 0 amide bonds. The average Bonchev–Trinajstić information content (AvgIpc) is 2.58. The molecule has 1 aromatic heterocycles. The molecule has 0 aliphatic heterocycles. The van der Waals surface area contributed by atoms with Gasteiger partial charge in [0, 0.05) is 17.0 Å². The number of hydrogen-bond donors (Lipinski definition) is 0. The Bertz CT molecular complexity index is 638. The van der Waals surface area contributed by atoms with E-state index in [0.29, 0.717) is 20.8 Å². The summed E-state index contributed by atoms with van der Waals surface area (Å²) >= 11 is 18.4. The van der Waals surface area contributed by atoms with Crippen LogP contribution in [-0.4, -0.2) is 4.57 Å². The highest BCUT2D eigenvalue weighted by atomic mass is 35.5. The minimum Gasteiger partial charge on any atom is -0.329 e. The van der Waals surface area contributed by atoms with Gasteiger partial charge in [-0.05, 0) is 18.6 Å². The molecule has 0 spiro atoms. The molecule has 2 aromatic rings. The first kappa shape index (κ1) is 13.5. The van der Waals surface area contributed by atoms with Crippen molar-refractivity contribution in [1.29, 1.82) is 5.26 Å². The largest absolute Gasteiger partial charge is 0.329 e. The lowest BCUT2D eigenvalue weighted by atomic mass is 10.2. The third-order valence-electron chi connectivity index (χ3n) is 2.86. The molecule has 94 valence electrons. The molecular weight excluding hydrogens is 291 g/mol. The second-order valence-electron chi connectivity index (χ2n) is 4.07. The molecule has 0 N–H and O–H groups in total. The number of unbranched alkanes of at least 4 members (excludes halogenated alkanes) is 1. The van der Waals surface area contributed by atoms with E-state index in [0.717, 1.165) is 30.3 Å². The van der Waals surface area contributed by atoms with Gasteiger partial charge in [0.05, 0.1) is 16.1 Å². The molecule has 0 bridgehead atoms. The first-order valence-electron chi connectivity index (χ1n) is 5.67. The molecule has 5 heteroatoms. The summed E-state index contributed by atoms with van der Waals surface area (Å²) in [6.07, 6.45) is 2.02. The van der Waals surface area contributed by atoms with Crippen molar-refractivity contribution in [2.24, 2.45) is 0 Å². The number of aromatic nitrogens is 1. The molecule has 2 rings (SSSR count). The van der Waals surface area contributed by atoms with Gasteiger partial charge in [-0.3, -0.25) is 0 Å². The van der Waals surface area contributed by atoms with E-state index in [2.05, 4.69) is 13.0 Å². The molecule has 0 unspecified atom stereocenters. The van der Waals surface area contributed by atoms with Gasteiger partial charge in [0.2, 0.25) is 0 Å². The van der Waals surface area contributed by atoms with Crippen molar-refractivity contribution in [3.63, 3.8) is 0 Å². The van der Waals surface area contributed by atoms with E-state index in [-0.39, 0.29) is 0 Å². The number of rotatable bonds is 3. The number of benzene rings is 1. The van der Waals surface area contributed by atoms with Gasteiger partial charge in [-0.15, -0.1) is 0 Å². The van der Waals surface area contributed by atoms with E-state index in [1.54, 1.807) is 12.1 Å². The van der Waals surface area contributed by atoms with Crippen molar-refractivity contribution < 1.29 is 0 Å². The number of nitrogens with zero attached hydrogens (tertiary/aromatic N) is 2. The van der Waals surface area contributed by atoms with Gasteiger partial charge in [0.25, 0.3) is 0 Å². The monoisotopic (exact) mass is 300 g/mol. The Kier molecular flexibility index (Phi) is 4.07. The highest BCUT2D eigenvalue weighted by Gasteiger charge is 2.18. The smallest absolute Gasteiger partial charge is 0.128 e. The lowest BCUT2D eigenvalue weighted by molar-refractivity contribution is 0.650. The van der Waals surface area contributed by atoms with Crippen molar-refractivity contribution in [3.8, 4) is 6.07 Å². The van der Waals surface area contributed by atoms with Crippen LogP contribution in [0, 0.1) is 11.3 Å². The Labute approximate surface area is 121 Å². The minimum atomic E-state index is 0.435. The fraction of sp³-hybridized carbons (Fsp3) is 0.308. The molecule has 1 heterocycles. The molecular formula is C13H11Cl3N2. The summed E-state index contributed by atoms with van der Waals surface area (Å²) < 4.78 is 1.89. The van der Waals surface area contributed by atoms with E-state index in [4.69, 9.17) is 34.8 Å². The van der Waals surface area contributed by atoms with Gasteiger partial charge in [-0.1, -0.05) is 48.1 Å². The fourth-order valence-electron chi connectivity index (χ4n) is 2.01. The maximum Gasteiger partial charge on any atom is 0.128 e. The second-order valence-corrected chi connectivity index (χ2v) is 5.27. The molecule has 1 aromatic carbocycles. The molecule has 0 fully saturated rings.